The van der Waals surface area contributed by atoms with E-state index in [0.29, 0.717) is 0 Å². The lowest BCUT2D eigenvalue weighted by atomic mass is 10.6. The molecule has 1 unspecified atom stereocenters. The molecule has 50 valence electrons. The Hall–Kier alpha value is -0.0100. The molecular formula is C2H8N2O3S. The summed E-state index contributed by atoms with van der Waals surface area (Å²) >= 11 is -2.25. The number of hydrogen-bond donors (Lipinski definition) is 3. The topological polar surface area (TPSA) is 98.6 Å². The van der Waals surface area contributed by atoms with Gasteiger partial charge in [0.25, 0.3) is 0 Å². The quantitative estimate of drug-likeness (QED) is 0.323. The summed E-state index contributed by atoms with van der Waals surface area (Å²) in [4.78, 5) is 0. The van der Waals surface area contributed by atoms with Crippen molar-refractivity contribution < 1.29 is 12.9 Å². The maximum Gasteiger partial charge on any atom is 0.301 e. The van der Waals surface area contributed by atoms with Crippen LogP contribution in [0.25, 0.3) is 0 Å². The Morgan fingerprint density at radius 3 is 2.38 bits per heavy atom. The van der Waals surface area contributed by atoms with Crippen molar-refractivity contribution in [1.82, 2.24) is 0 Å². The van der Waals surface area contributed by atoms with Crippen molar-refractivity contribution in [3.8, 4) is 0 Å². The van der Waals surface area contributed by atoms with Crippen LogP contribution in [0.5, 0.6) is 0 Å². The van der Waals surface area contributed by atoms with Gasteiger partial charge in [0.05, 0.1) is 12.8 Å². The average Bonchev–Trinajstić information content (AvgIpc) is 1.61. The second-order valence-electron chi connectivity index (χ2n) is 1.17. The Kier molecular flexibility index (Phi) is 3.92. The van der Waals surface area contributed by atoms with E-state index in [4.69, 9.17) is 16.0 Å². The standard InChI is InChI=1S/C2H8N2O3S/c3-2(4)1-7-8(5)6/h2H,1,3-4H2,(H,5,6). The van der Waals surface area contributed by atoms with E-state index >= 15 is 0 Å². The molecule has 1 atom stereocenters. The van der Waals surface area contributed by atoms with Crippen molar-refractivity contribution in [3.63, 3.8) is 0 Å². The summed E-state index contributed by atoms with van der Waals surface area (Å²) in [5.41, 5.74) is 9.90. The van der Waals surface area contributed by atoms with Crippen LogP contribution in [-0.4, -0.2) is 21.5 Å². The molecule has 0 bridgehead atoms. The molecule has 0 spiro atoms. The average molecular weight is 140 g/mol. The first-order valence-corrected chi connectivity index (χ1v) is 2.91. The first-order valence-electron chi connectivity index (χ1n) is 1.88. The van der Waals surface area contributed by atoms with Crippen molar-refractivity contribution in [1.29, 1.82) is 0 Å². The maximum atomic E-state index is 9.68. The molecule has 6 heteroatoms. The van der Waals surface area contributed by atoms with Crippen molar-refractivity contribution in [2.24, 2.45) is 11.5 Å². The second kappa shape index (κ2) is 3.93. The van der Waals surface area contributed by atoms with Gasteiger partial charge in [0, 0.05) is 0 Å². The van der Waals surface area contributed by atoms with Gasteiger partial charge in [-0.05, 0) is 0 Å². The highest BCUT2D eigenvalue weighted by Gasteiger charge is 1.95. The van der Waals surface area contributed by atoms with Crippen LogP contribution in [0.3, 0.4) is 0 Å². The van der Waals surface area contributed by atoms with E-state index < -0.39 is 17.5 Å². The third-order valence-corrected chi connectivity index (χ3v) is 0.699. The minimum Gasteiger partial charge on any atom is -0.314 e. The normalized spacial score (nSPS) is 14.5. The molecule has 0 rings (SSSR count). The van der Waals surface area contributed by atoms with Gasteiger partial charge in [-0.3, -0.25) is 8.74 Å². The lowest BCUT2D eigenvalue weighted by Crippen LogP contribution is -2.35. The lowest BCUT2D eigenvalue weighted by Gasteiger charge is -2.00. The zero-order chi connectivity index (χ0) is 6.57. The van der Waals surface area contributed by atoms with E-state index in [0.717, 1.165) is 0 Å². The van der Waals surface area contributed by atoms with Gasteiger partial charge in [-0.2, -0.15) is 4.21 Å². The van der Waals surface area contributed by atoms with Crippen LogP contribution in [0.4, 0.5) is 0 Å². The van der Waals surface area contributed by atoms with Gasteiger partial charge in [0.1, 0.15) is 0 Å². The minimum atomic E-state index is -2.25. The zero-order valence-electron chi connectivity index (χ0n) is 4.11. The minimum absolute atomic E-state index is 0.108. The van der Waals surface area contributed by atoms with Crippen LogP contribution in [0.1, 0.15) is 0 Å². The lowest BCUT2D eigenvalue weighted by molar-refractivity contribution is 0.285. The van der Waals surface area contributed by atoms with Gasteiger partial charge in [0.2, 0.25) is 0 Å². The number of nitrogens with two attached hydrogens (primary N) is 2. The van der Waals surface area contributed by atoms with Gasteiger partial charge in [-0.1, -0.05) is 0 Å². The van der Waals surface area contributed by atoms with E-state index in [-0.39, 0.29) is 6.61 Å². The molecule has 0 aromatic carbocycles. The van der Waals surface area contributed by atoms with Gasteiger partial charge < -0.3 is 11.5 Å². The molecule has 0 saturated carbocycles. The second-order valence-corrected chi connectivity index (χ2v) is 1.84. The van der Waals surface area contributed by atoms with Crippen LogP contribution in [0, 0.1) is 0 Å². The van der Waals surface area contributed by atoms with E-state index in [1.807, 2.05) is 0 Å². The molecule has 0 heterocycles. The summed E-state index contributed by atoms with van der Waals surface area (Å²) in [5.74, 6) is 0. The van der Waals surface area contributed by atoms with E-state index in [9.17, 15) is 4.21 Å². The predicted molar refractivity (Wildman–Crippen MR) is 28.9 cm³/mol. The molecule has 0 aromatic rings. The number of hydrogen-bond acceptors (Lipinski definition) is 4. The molecular weight excluding hydrogens is 132 g/mol. The van der Waals surface area contributed by atoms with Crippen LogP contribution in [0.2, 0.25) is 0 Å². The molecule has 0 aliphatic rings. The van der Waals surface area contributed by atoms with Crippen molar-refractivity contribution in [2.75, 3.05) is 6.61 Å². The summed E-state index contributed by atoms with van der Waals surface area (Å²) in [6.07, 6.45) is -0.689. The Morgan fingerprint density at radius 1 is 1.75 bits per heavy atom. The van der Waals surface area contributed by atoms with Crippen molar-refractivity contribution in [2.45, 2.75) is 6.17 Å². The highest BCUT2D eigenvalue weighted by atomic mass is 32.2. The van der Waals surface area contributed by atoms with E-state index in [2.05, 4.69) is 4.18 Å². The highest BCUT2D eigenvalue weighted by molar-refractivity contribution is 7.74. The predicted octanol–water partition coefficient (Wildman–Crippen LogP) is -1.62. The molecule has 0 aromatic heterocycles. The maximum absolute atomic E-state index is 9.68. The smallest absolute Gasteiger partial charge is 0.301 e. The fraction of sp³-hybridized carbons (Fsp3) is 1.00. The fourth-order valence-electron chi connectivity index (χ4n) is 0.137. The SMILES string of the molecule is NC(N)COS(=O)O. The van der Waals surface area contributed by atoms with Crippen LogP contribution >= 0.6 is 0 Å². The number of rotatable bonds is 3. The molecule has 0 radical (unpaired) electrons. The third kappa shape index (κ3) is 5.99. The summed E-state index contributed by atoms with van der Waals surface area (Å²) < 4.78 is 21.7. The van der Waals surface area contributed by atoms with Crippen molar-refractivity contribution in [3.05, 3.63) is 0 Å². The molecule has 0 aliphatic carbocycles. The molecule has 0 amide bonds. The first kappa shape index (κ1) is 7.99. The largest absolute Gasteiger partial charge is 0.314 e. The van der Waals surface area contributed by atoms with E-state index in [1.165, 1.54) is 0 Å². The third-order valence-electron chi connectivity index (χ3n) is 0.361. The Balaban J connectivity index is 3.05. The first-order chi connectivity index (χ1) is 3.63. The highest BCUT2D eigenvalue weighted by Crippen LogP contribution is 1.76. The Bertz CT molecular complexity index is 85.4. The summed E-state index contributed by atoms with van der Waals surface area (Å²) in [7, 11) is 0. The summed E-state index contributed by atoms with van der Waals surface area (Å²) in [6.45, 7) is -0.108. The molecule has 5 N–H and O–H groups in total. The molecule has 5 nitrogen and oxygen atoms in total. The van der Waals surface area contributed by atoms with Gasteiger partial charge in [-0.25, -0.2) is 0 Å². The van der Waals surface area contributed by atoms with Crippen LogP contribution in [0.15, 0.2) is 0 Å². The Morgan fingerprint density at radius 2 is 2.25 bits per heavy atom. The zero-order valence-corrected chi connectivity index (χ0v) is 4.93. The molecule has 0 saturated heterocycles. The van der Waals surface area contributed by atoms with E-state index in [1.54, 1.807) is 0 Å². The van der Waals surface area contributed by atoms with Gasteiger partial charge >= 0.3 is 11.4 Å². The van der Waals surface area contributed by atoms with Gasteiger partial charge in [0.15, 0.2) is 0 Å². The van der Waals surface area contributed by atoms with Gasteiger partial charge in [-0.15, -0.1) is 0 Å². The van der Waals surface area contributed by atoms with Crippen molar-refractivity contribution >= 4 is 11.4 Å². The molecule has 0 fully saturated rings. The fourth-order valence-corrected chi connectivity index (χ4v) is 0.410. The summed E-state index contributed by atoms with van der Waals surface area (Å²) in [6, 6.07) is 0. The molecule has 0 aliphatic heterocycles. The summed E-state index contributed by atoms with van der Waals surface area (Å²) in [5, 5.41) is 0. The van der Waals surface area contributed by atoms with Crippen LogP contribution in [-0.2, 0) is 15.5 Å². The monoisotopic (exact) mass is 140 g/mol. The van der Waals surface area contributed by atoms with Crippen LogP contribution < -0.4 is 11.5 Å². The Labute approximate surface area is 49.5 Å². The molecule has 8 heavy (non-hydrogen) atoms.